The number of ether oxygens (including phenoxy) is 1. The van der Waals surface area contributed by atoms with Crippen molar-refractivity contribution in [3.8, 4) is 5.75 Å². The second kappa shape index (κ2) is 7.23. The number of methoxy groups -OCH3 is 1. The van der Waals surface area contributed by atoms with Gasteiger partial charge >= 0.3 is 0 Å². The molecule has 0 unspecified atom stereocenters. The molecule has 9 heteroatoms. The molecule has 9 nitrogen and oxygen atoms in total. The average Bonchev–Trinajstić information content (AvgIpc) is 3.36. The molecule has 1 aromatic carbocycles. The van der Waals surface area contributed by atoms with E-state index in [2.05, 4.69) is 38.9 Å². The normalized spacial score (nSPS) is 16.5. The van der Waals surface area contributed by atoms with E-state index < -0.39 is 0 Å². The zero-order valence-electron chi connectivity index (χ0n) is 17.5. The number of hydrogen-bond donors (Lipinski definition) is 1. The number of rotatable bonds is 5. The molecule has 0 aliphatic heterocycles. The first-order valence-electron chi connectivity index (χ1n) is 10.5. The van der Waals surface area contributed by atoms with Crippen LogP contribution in [0.1, 0.15) is 49.9 Å². The van der Waals surface area contributed by atoms with Crippen LogP contribution in [0.2, 0.25) is 0 Å². The number of para-hydroxylation sites is 1. The molecule has 0 saturated heterocycles. The van der Waals surface area contributed by atoms with E-state index in [4.69, 9.17) is 15.5 Å². The quantitative estimate of drug-likeness (QED) is 0.543. The van der Waals surface area contributed by atoms with Crippen LogP contribution in [-0.2, 0) is 19.3 Å². The molecule has 1 aliphatic carbocycles. The third-order valence-corrected chi connectivity index (χ3v) is 5.96. The number of aromatic nitrogens is 7. The molecule has 1 aliphatic rings. The van der Waals surface area contributed by atoms with E-state index in [-0.39, 0.29) is 0 Å². The minimum Gasteiger partial charge on any atom is -0.494 e. The van der Waals surface area contributed by atoms with Gasteiger partial charge in [0.2, 0.25) is 5.95 Å². The Morgan fingerprint density at radius 1 is 1.27 bits per heavy atom. The zero-order valence-corrected chi connectivity index (χ0v) is 17.5. The van der Waals surface area contributed by atoms with Crippen molar-refractivity contribution in [1.82, 2.24) is 34.6 Å². The average molecular weight is 406 g/mol. The first-order chi connectivity index (χ1) is 14.5. The van der Waals surface area contributed by atoms with Crippen LogP contribution in [0.3, 0.4) is 0 Å². The van der Waals surface area contributed by atoms with Gasteiger partial charge in [-0.25, -0.2) is 14.6 Å². The number of anilines is 1. The SMILES string of the molecule is COc1cccc2c1nc(N)n1nc(CC[C@H]3CCc4c(nnn4C(C)C)C3)nc21. The lowest BCUT2D eigenvalue weighted by Crippen LogP contribution is -2.18. The van der Waals surface area contributed by atoms with E-state index in [1.165, 1.54) is 5.69 Å². The Morgan fingerprint density at radius 3 is 2.93 bits per heavy atom. The first kappa shape index (κ1) is 18.8. The minimum absolute atomic E-state index is 0.313. The van der Waals surface area contributed by atoms with Crippen LogP contribution in [0.4, 0.5) is 5.95 Å². The van der Waals surface area contributed by atoms with E-state index >= 15 is 0 Å². The fraction of sp³-hybridized carbons (Fsp3) is 0.476. The molecule has 0 radical (unpaired) electrons. The van der Waals surface area contributed by atoms with Gasteiger partial charge < -0.3 is 10.5 Å². The Morgan fingerprint density at radius 2 is 2.13 bits per heavy atom. The number of hydrogen-bond acceptors (Lipinski definition) is 7. The smallest absolute Gasteiger partial charge is 0.223 e. The molecule has 0 bridgehead atoms. The van der Waals surface area contributed by atoms with Gasteiger partial charge in [-0.1, -0.05) is 11.3 Å². The molecule has 0 amide bonds. The van der Waals surface area contributed by atoms with E-state index in [1.54, 1.807) is 11.6 Å². The van der Waals surface area contributed by atoms with Crippen molar-refractivity contribution < 1.29 is 4.74 Å². The number of benzene rings is 1. The van der Waals surface area contributed by atoms with Crippen molar-refractivity contribution in [2.75, 3.05) is 12.8 Å². The van der Waals surface area contributed by atoms with Gasteiger partial charge in [-0.3, -0.25) is 0 Å². The van der Waals surface area contributed by atoms with Gasteiger partial charge in [-0.2, -0.15) is 4.52 Å². The van der Waals surface area contributed by atoms with E-state index in [9.17, 15) is 0 Å². The Kier molecular flexibility index (Phi) is 4.52. The highest BCUT2D eigenvalue weighted by atomic mass is 16.5. The van der Waals surface area contributed by atoms with Gasteiger partial charge in [-0.05, 0) is 57.6 Å². The number of fused-ring (bicyclic) bond motifs is 4. The monoisotopic (exact) mass is 406 g/mol. The number of nitrogens with two attached hydrogens (primary N) is 1. The van der Waals surface area contributed by atoms with Gasteiger partial charge in [0.25, 0.3) is 0 Å². The van der Waals surface area contributed by atoms with Crippen LogP contribution in [0.5, 0.6) is 5.75 Å². The second-order valence-electron chi connectivity index (χ2n) is 8.26. The van der Waals surface area contributed by atoms with E-state index in [1.807, 2.05) is 18.2 Å². The molecule has 2 N–H and O–H groups in total. The van der Waals surface area contributed by atoms with Crippen molar-refractivity contribution in [2.24, 2.45) is 5.92 Å². The van der Waals surface area contributed by atoms with Crippen molar-refractivity contribution >= 4 is 22.5 Å². The molecule has 4 aromatic rings. The third-order valence-electron chi connectivity index (χ3n) is 5.96. The topological polar surface area (TPSA) is 109 Å². The summed E-state index contributed by atoms with van der Waals surface area (Å²) in [4.78, 5) is 9.25. The standard InChI is InChI=1S/C21H26N8O/c1-12(2)28-16-9-7-13(11-15(16)25-27-28)8-10-18-23-20-14-5-4-6-17(30-3)19(14)24-21(22)29(20)26-18/h4-6,12-13H,7-11H2,1-3H3,(H2,22,24)/t13-/m1/s1. The summed E-state index contributed by atoms with van der Waals surface area (Å²) in [5, 5.41) is 14.3. The summed E-state index contributed by atoms with van der Waals surface area (Å²) in [5.41, 5.74) is 10.0. The fourth-order valence-electron chi connectivity index (χ4n) is 4.41. The summed E-state index contributed by atoms with van der Waals surface area (Å²) in [6.45, 7) is 4.30. The number of aryl methyl sites for hydroxylation is 1. The number of nitrogens with zero attached hydrogens (tertiary/aromatic N) is 7. The molecule has 30 heavy (non-hydrogen) atoms. The largest absolute Gasteiger partial charge is 0.494 e. The molecule has 3 heterocycles. The maximum atomic E-state index is 6.15. The van der Waals surface area contributed by atoms with Crippen LogP contribution in [0, 0.1) is 5.92 Å². The van der Waals surface area contributed by atoms with Crippen molar-refractivity contribution in [3.05, 3.63) is 35.4 Å². The highest BCUT2D eigenvalue weighted by Gasteiger charge is 2.25. The second-order valence-corrected chi connectivity index (χ2v) is 8.26. The van der Waals surface area contributed by atoms with Crippen LogP contribution >= 0.6 is 0 Å². The lowest BCUT2D eigenvalue weighted by molar-refractivity contribution is 0.404. The first-order valence-corrected chi connectivity index (χ1v) is 10.5. The maximum Gasteiger partial charge on any atom is 0.223 e. The van der Waals surface area contributed by atoms with Crippen molar-refractivity contribution in [1.29, 1.82) is 0 Å². The molecule has 0 fully saturated rings. The maximum absolute atomic E-state index is 6.15. The fourth-order valence-corrected chi connectivity index (χ4v) is 4.41. The Labute approximate surface area is 174 Å². The third kappa shape index (κ3) is 3.05. The van der Waals surface area contributed by atoms with Gasteiger partial charge in [-0.15, -0.1) is 10.2 Å². The van der Waals surface area contributed by atoms with Crippen LogP contribution in [0.15, 0.2) is 18.2 Å². The van der Waals surface area contributed by atoms with Gasteiger partial charge in [0.1, 0.15) is 11.3 Å². The van der Waals surface area contributed by atoms with Crippen LogP contribution < -0.4 is 10.5 Å². The van der Waals surface area contributed by atoms with Crippen LogP contribution in [-0.4, -0.2) is 41.7 Å². The van der Waals surface area contributed by atoms with Gasteiger partial charge in [0, 0.05) is 17.8 Å². The number of nitrogen functional groups attached to an aromatic ring is 1. The van der Waals surface area contributed by atoms with Crippen LogP contribution in [0.25, 0.3) is 16.6 Å². The van der Waals surface area contributed by atoms with Crippen molar-refractivity contribution in [2.45, 2.75) is 52.0 Å². The lowest BCUT2D eigenvalue weighted by atomic mass is 9.86. The van der Waals surface area contributed by atoms with E-state index in [0.717, 1.165) is 54.7 Å². The van der Waals surface area contributed by atoms with E-state index in [0.29, 0.717) is 29.2 Å². The molecule has 156 valence electrons. The predicted molar refractivity (Wildman–Crippen MR) is 113 cm³/mol. The lowest BCUT2D eigenvalue weighted by Gasteiger charge is -2.22. The molecule has 0 saturated carbocycles. The summed E-state index contributed by atoms with van der Waals surface area (Å²) in [5.74, 6) is 2.34. The van der Waals surface area contributed by atoms with Gasteiger partial charge in [0.15, 0.2) is 11.5 Å². The molecule has 5 rings (SSSR count). The van der Waals surface area contributed by atoms with Crippen molar-refractivity contribution in [3.63, 3.8) is 0 Å². The Hall–Kier alpha value is -3.23. The summed E-state index contributed by atoms with van der Waals surface area (Å²) < 4.78 is 9.11. The molecule has 0 spiro atoms. The summed E-state index contributed by atoms with van der Waals surface area (Å²) >= 11 is 0. The highest BCUT2D eigenvalue weighted by molar-refractivity contribution is 5.95. The predicted octanol–water partition coefficient (Wildman–Crippen LogP) is 2.78. The Bertz CT molecular complexity index is 1220. The molecular formula is C21H26N8O. The molecule has 1 atom stereocenters. The summed E-state index contributed by atoms with van der Waals surface area (Å²) in [7, 11) is 1.63. The van der Waals surface area contributed by atoms with Gasteiger partial charge in [0.05, 0.1) is 18.5 Å². The summed E-state index contributed by atoms with van der Waals surface area (Å²) in [6, 6.07) is 6.12. The zero-order chi connectivity index (χ0) is 20.8. The minimum atomic E-state index is 0.313. The molecular weight excluding hydrogens is 380 g/mol. The Balaban J connectivity index is 1.37. The summed E-state index contributed by atoms with van der Waals surface area (Å²) in [6.07, 6.45) is 4.96. The highest BCUT2D eigenvalue weighted by Crippen LogP contribution is 2.30. The molecule has 3 aromatic heterocycles.